The second kappa shape index (κ2) is 8.99. The van der Waals surface area contributed by atoms with E-state index in [0.29, 0.717) is 27.4 Å². The van der Waals surface area contributed by atoms with Gasteiger partial charge in [0.05, 0.1) is 16.3 Å². The van der Waals surface area contributed by atoms with E-state index in [-0.39, 0.29) is 5.91 Å². The number of nitrogens with zero attached hydrogens (tertiary/aromatic N) is 3. The number of anilines is 1. The number of aryl methyl sites for hydroxylation is 2. The SMILES string of the molecule is CCn1cc(-c2csc(NC(=O)c3cc(COc4cccc(Cl)c4)cs3)n2)c(C)n1. The first-order chi connectivity index (χ1) is 14.5. The molecule has 0 fully saturated rings. The van der Waals surface area contributed by atoms with Crippen LogP contribution in [-0.4, -0.2) is 20.7 Å². The minimum Gasteiger partial charge on any atom is -0.489 e. The van der Waals surface area contributed by atoms with Gasteiger partial charge in [-0.3, -0.25) is 14.8 Å². The van der Waals surface area contributed by atoms with Gasteiger partial charge in [-0.1, -0.05) is 17.7 Å². The summed E-state index contributed by atoms with van der Waals surface area (Å²) in [6.07, 6.45) is 1.97. The molecule has 4 rings (SSSR count). The molecule has 0 bridgehead atoms. The molecule has 0 aliphatic rings. The van der Waals surface area contributed by atoms with Gasteiger partial charge in [0.1, 0.15) is 12.4 Å². The first-order valence-corrected chi connectivity index (χ1v) is 11.4. The van der Waals surface area contributed by atoms with Gasteiger partial charge in [0.2, 0.25) is 0 Å². The zero-order valence-corrected chi connectivity index (χ0v) is 18.8. The van der Waals surface area contributed by atoms with Gasteiger partial charge in [-0.15, -0.1) is 22.7 Å². The third-order valence-electron chi connectivity index (χ3n) is 4.35. The summed E-state index contributed by atoms with van der Waals surface area (Å²) >= 11 is 8.74. The van der Waals surface area contributed by atoms with Crippen LogP contribution in [0.1, 0.15) is 27.9 Å². The van der Waals surface area contributed by atoms with E-state index in [4.69, 9.17) is 16.3 Å². The Morgan fingerprint density at radius 3 is 2.90 bits per heavy atom. The molecule has 0 saturated heterocycles. The molecular weight excluding hydrogens is 440 g/mol. The molecule has 1 N–H and O–H groups in total. The van der Waals surface area contributed by atoms with Crippen LogP contribution in [0.4, 0.5) is 5.13 Å². The predicted molar refractivity (Wildman–Crippen MR) is 122 cm³/mol. The molecule has 4 aromatic rings. The monoisotopic (exact) mass is 458 g/mol. The van der Waals surface area contributed by atoms with Gasteiger partial charge >= 0.3 is 0 Å². The van der Waals surface area contributed by atoms with Crippen LogP contribution in [-0.2, 0) is 13.2 Å². The zero-order chi connectivity index (χ0) is 21.1. The minimum absolute atomic E-state index is 0.184. The predicted octanol–water partition coefficient (Wildman–Crippen LogP) is 5.88. The summed E-state index contributed by atoms with van der Waals surface area (Å²) in [5, 5.41) is 12.3. The Bertz CT molecular complexity index is 1180. The third-order valence-corrected chi connectivity index (χ3v) is 6.32. The molecule has 1 aromatic carbocycles. The van der Waals surface area contributed by atoms with Gasteiger partial charge in [0.15, 0.2) is 5.13 Å². The van der Waals surface area contributed by atoms with Crippen molar-refractivity contribution in [3.05, 3.63) is 68.4 Å². The molecule has 0 spiro atoms. The second-order valence-corrected chi connectivity index (χ2v) is 8.75. The Hall–Kier alpha value is -2.68. The number of thiophene rings is 1. The lowest BCUT2D eigenvalue weighted by Crippen LogP contribution is -2.09. The van der Waals surface area contributed by atoms with Crippen molar-refractivity contribution < 1.29 is 9.53 Å². The number of hydrogen-bond donors (Lipinski definition) is 1. The van der Waals surface area contributed by atoms with Crippen LogP contribution in [0.25, 0.3) is 11.3 Å². The number of halogens is 1. The normalized spacial score (nSPS) is 10.9. The fourth-order valence-corrected chi connectivity index (χ4v) is 4.52. The van der Waals surface area contributed by atoms with Crippen LogP contribution in [0.2, 0.25) is 5.02 Å². The van der Waals surface area contributed by atoms with E-state index in [0.717, 1.165) is 29.1 Å². The molecular formula is C21H19ClN4O2S2. The number of thiazole rings is 1. The molecule has 0 atom stereocenters. The van der Waals surface area contributed by atoms with Crippen LogP contribution < -0.4 is 10.1 Å². The average Bonchev–Trinajstić information content (AvgIpc) is 3.46. The maximum Gasteiger partial charge on any atom is 0.267 e. The molecule has 0 aliphatic carbocycles. The summed E-state index contributed by atoms with van der Waals surface area (Å²) < 4.78 is 7.61. The van der Waals surface area contributed by atoms with E-state index < -0.39 is 0 Å². The van der Waals surface area contributed by atoms with Gasteiger partial charge in [0.25, 0.3) is 5.91 Å². The van der Waals surface area contributed by atoms with Gasteiger partial charge < -0.3 is 4.74 Å². The topological polar surface area (TPSA) is 69.0 Å². The standard InChI is InChI=1S/C21H19ClN4O2S2/c1-3-26-9-17(13(2)25-26)18-12-30-21(23-18)24-20(27)19-7-14(11-29-19)10-28-16-6-4-5-15(22)8-16/h4-9,11-12H,3,10H2,1-2H3,(H,23,24,27). The number of rotatable bonds is 7. The smallest absolute Gasteiger partial charge is 0.267 e. The van der Waals surface area contributed by atoms with Crippen molar-refractivity contribution in [2.75, 3.05) is 5.32 Å². The van der Waals surface area contributed by atoms with Crippen LogP contribution in [0.15, 0.2) is 47.3 Å². The molecule has 0 aliphatic heterocycles. The lowest BCUT2D eigenvalue weighted by atomic mass is 10.2. The fraction of sp³-hybridized carbons (Fsp3) is 0.190. The van der Waals surface area contributed by atoms with Gasteiger partial charge in [-0.25, -0.2) is 4.98 Å². The van der Waals surface area contributed by atoms with E-state index in [1.54, 1.807) is 12.1 Å². The summed E-state index contributed by atoms with van der Waals surface area (Å²) in [6.45, 7) is 5.17. The molecule has 9 heteroatoms. The number of aromatic nitrogens is 3. The lowest BCUT2D eigenvalue weighted by Gasteiger charge is -2.04. The Morgan fingerprint density at radius 2 is 2.13 bits per heavy atom. The third kappa shape index (κ3) is 4.72. The summed E-state index contributed by atoms with van der Waals surface area (Å²) in [5.41, 5.74) is 3.63. The summed E-state index contributed by atoms with van der Waals surface area (Å²) in [5.74, 6) is 0.507. The van der Waals surface area contributed by atoms with Crippen molar-refractivity contribution in [3.63, 3.8) is 0 Å². The molecule has 6 nitrogen and oxygen atoms in total. The average molecular weight is 459 g/mol. The molecule has 3 heterocycles. The van der Waals surface area contributed by atoms with E-state index >= 15 is 0 Å². The van der Waals surface area contributed by atoms with Crippen molar-refractivity contribution >= 4 is 45.3 Å². The van der Waals surface area contributed by atoms with E-state index in [2.05, 4.69) is 15.4 Å². The number of hydrogen-bond acceptors (Lipinski definition) is 6. The second-order valence-electron chi connectivity index (χ2n) is 6.54. The van der Waals surface area contributed by atoms with Gasteiger partial charge in [-0.05, 0) is 43.5 Å². The zero-order valence-electron chi connectivity index (χ0n) is 16.4. The fourth-order valence-electron chi connectivity index (χ4n) is 2.84. The number of ether oxygens (including phenoxy) is 1. The van der Waals surface area contributed by atoms with Crippen molar-refractivity contribution in [2.24, 2.45) is 0 Å². The maximum atomic E-state index is 12.6. The molecule has 0 unspecified atom stereocenters. The van der Waals surface area contributed by atoms with Crippen LogP contribution >= 0.6 is 34.3 Å². The van der Waals surface area contributed by atoms with Crippen LogP contribution in [0.3, 0.4) is 0 Å². The van der Waals surface area contributed by atoms with E-state index in [1.165, 1.54) is 22.7 Å². The van der Waals surface area contributed by atoms with Gasteiger partial charge in [-0.2, -0.15) is 5.10 Å². The van der Waals surface area contributed by atoms with Crippen LogP contribution in [0, 0.1) is 6.92 Å². The summed E-state index contributed by atoms with van der Waals surface area (Å²) in [6, 6.07) is 9.06. The van der Waals surface area contributed by atoms with Crippen molar-refractivity contribution in [1.82, 2.24) is 14.8 Å². The largest absolute Gasteiger partial charge is 0.489 e. The Labute approximate surface area is 187 Å². The van der Waals surface area contributed by atoms with E-state index in [9.17, 15) is 4.79 Å². The van der Waals surface area contributed by atoms with E-state index in [1.807, 2.05) is 53.7 Å². The quantitative estimate of drug-likeness (QED) is 0.375. The molecule has 3 aromatic heterocycles. The maximum absolute atomic E-state index is 12.6. The van der Waals surface area contributed by atoms with Crippen LogP contribution in [0.5, 0.6) is 5.75 Å². The number of benzene rings is 1. The van der Waals surface area contributed by atoms with Gasteiger partial charge in [0, 0.05) is 34.3 Å². The molecule has 30 heavy (non-hydrogen) atoms. The number of amides is 1. The molecule has 0 saturated carbocycles. The van der Waals surface area contributed by atoms with Crippen molar-refractivity contribution in [1.29, 1.82) is 0 Å². The Morgan fingerprint density at radius 1 is 1.27 bits per heavy atom. The van der Waals surface area contributed by atoms with Crippen molar-refractivity contribution in [3.8, 4) is 17.0 Å². The number of nitrogens with one attached hydrogen (secondary N) is 1. The summed E-state index contributed by atoms with van der Waals surface area (Å²) in [7, 11) is 0. The lowest BCUT2D eigenvalue weighted by molar-refractivity contribution is 0.103. The molecule has 0 radical (unpaired) electrons. The first-order valence-electron chi connectivity index (χ1n) is 9.29. The minimum atomic E-state index is -0.184. The first kappa shape index (κ1) is 20.6. The van der Waals surface area contributed by atoms with Crippen molar-refractivity contribution in [2.45, 2.75) is 27.0 Å². The highest BCUT2D eigenvalue weighted by atomic mass is 35.5. The number of carbonyl (C=O) groups is 1. The highest BCUT2D eigenvalue weighted by Crippen LogP contribution is 2.28. The summed E-state index contributed by atoms with van der Waals surface area (Å²) in [4.78, 5) is 17.8. The Kier molecular flexibility index (Phi) is 6.17. The molecule has 1 amide bonds. The highest BCUT2D eigenvalue weighted by molar-refractivity contribution is 7.14. The molecule has 154 valence electrons. The highest BCUT2D eigenvalue weighted by Gasteiger charge is 2.15. The Balaban J connectivity index is 1.39. The number of carbonyl (C=O) groups excluding carboxylic acids is 1.